The van der Waals surface area contributed by atoms with Gasteiger partial charge >= 0.3 is 0 Å². The number of halogens is 3. The topological polar surface area (TPSA) is 34.1 Å². The van der Waals surface area contributed by atoms with Crippen molar-refractivity contribution in [3.63, 3.8) is 0 Å². The van der Waals surface area contributed by atoms with Crippen molar-refractivity contribution < 1.29 is 4.74 Å². The Morgan fingerprint density at radius 3 is 2.50 bits per heavy atom. The number of benzene rings is 1. The Hall–Kier alpha value is -1.000. The number of pyridine rings is 1. The smallest absolute Gasteiger partial charge is 0.150 e. The Kier molecular flexibility index (Phi) is 5.49. The standard InChI is InChI=1S/C14H13Cl3N2O/c1-20-8-10-5-3-2-4-9(10)7-18-14-12(16)6-11(15)13(17)19-14/h2-6H,7-8H2,1H3,(H,18,19). The van der Waals surface area contributed by atoms with E-state index in [2.05, 4.69) is 10.3 Å². The molecule has 0 bridgehead atoms. The highest BCUT2D eigenvalue weighted by atomic mass is 35.5. The van der Waals surface area contributed by atoms with Crippen LogP contribution in [0.5, 0.6) is 0 Å². The molecule has 1 heterocycles. The Morgan fingerprint density at radius 1 is 1.10 bits per heavy atom. The molecule has 0 radical (unpaired) electrons. The molecular formula is C14H13Cl3N2O. The summed E-state index contributed by atoms with van der Waals surface area (Å²) in [6, 6.07) is 9.56. The van der Waals surface area contributed by atoms with Gasteiger partial charge in [-0.25, -0.2) is 4.98 Å². The number of hydrogen-bond acceptors (Lipinski definition) is 3. The molecule has 20 heavy (non-hydrogen) atoms. The van der Waals surface area contributed by atoms with Crippen LogP contribution in [0.1, 0.15) is 11.1 Å². The van der Waals surface area contributed by atoms with E-state index in [9.17, 15) is 0 Å². The molecule has 2 aromatic rings. The molecular weight excluding hydrogens is 319 g/mol. The van der Waals surface area contributed by atoms with Crippen molar-refractivity contribution >= 4 is 40.6 Å². The van der Waals surface area contributed by atoms with E-state index in [1.54, 1.807) is 13.2 Å². The Labute approximate surface area is 132 Å². The quantitative estimate of drug-likeness (QED) is 0.799. The molecule has 0 saturated carbocycles. The van der Waals surface area contributed by atoms with Crippen molar-refractivity contribution in [3.05, 3.63) is 56.7 Å². The van der Waals surface area contributed by atoms with E-state index in [0.717, 1.165) is 11.1 Å². The SMILES string of the molecule is COCc1ccccc1CNc1nc(Cl)c(Cl)cc1Cl. The van der Waals surface area contributed by atoms with Gasteiger partial charge in [0.2, 0.25) is 0 Å². The minimum Gasteiger partial charge on any atom is -0.380 e. The average Bonchev–Trinajstić information content (AvgIpc) is 2.43. The molecule has 1 aromatic heterocycles. The average molecular weight is 332 g/mol. The Balaban J connectivity index is 2.15. The van der Waals surface area contributed by atoms with Crippen LogP contribution in [0.15, 0.2) is 30.3 Å². The molecule has 106 valence electrons. The number of anilines is 1. The molecule has 0 spiro atoms. The van der Waals surface area contributed by atoms with Crippen molar-refractivity contribution in [1.29, 1.82) is 0 Å². The number of nitrogens with zero attached hydrogens (tertiary/aromatic N) is 1. The van der Waals surface area contributed by atoms with Gasteiger partial charge < -0.3 is 10.1 Å². The number of methoxy groups -OCH3 is 1. The zero-order chi connectivity index (χ0) is 14.5. The summed E-state index contributed by atoms with van der Waals surface area (Å²) in [5.41, 5.74) is 2.22. The summed E-state index contributed by atoms with van der Waals surface area (Å²) in [6.45, 7) is 1.13. The van der Waals surface area contributed by atoms with Gasteiger partial charge in [0, 0.05) is 13.7 Å². The maximum absolute atomic E-state index is 6.08. The van der Waals surface area contributed by atoms with Gasteiger partial charge in [-0.2, -0.15) is 0 Å². The summed E-state index contributed by atoms with van der Waals surface area (Å²) >= 11 is 17.8. The number of ether oxygens (including phenoxy) is 1. The molecule has 6 heteroatoms. The summed E-state index contributed by atoms with van der Waals surface area (Å²) in [4.78, 5) is 4.12. The lowest BCUT2D eigenvalue weighted by molar-refractivity contribution is 0.184. The number of aromatic nitrogens is 1. The zero-order valence-electron chi connectivity index (χ0n) is 10.8. The first kappa shape index (κ1) is 15.4. The number of rotatable bonds is 5. The van der Waals surface area contributed by atoms with E-state index in [1.807, 2.05) is 24.3 Å². The fraction of sp³-hybridized carbons (Fsp3) is 0.214. The molecule has 1 aromatic carbocycles. The van der Waals surface area contributed by atoms with E-state index in [1.165, 1.54) is 0 Å². The molecule has 0 fully saturated rings. The van der Waals surface area contributed by atoms with E-state index in [0.29, 0.717) is 29.0 Å². The lowest BCUT2D eigenvalue weighted by Gasteiger charge is -2.12. The fourth-order valence-corrected chi connectivity index (χ4v) is 2.34. The van der Waals surface area contributed by atoms with E-state index in [4.69, 9.17) is 39.5 Å². The van der Waals surface area contributed by atoms with E-state index < -0.39 is 0 Å². The molecule has 0 saturated heterocycles. The molecule has 2 rings (SSSR count). The van der Waals surface area contributed by atoms with Gasteiger partial charge in [0.25, 0.3) is 0 Å². The third kappa shape index (κ3) is 3.76. The lowest BCUT2D eigenvalue weighted by Crippen LogP contribution is -2.05. The van der Waals surface area contributed by atoms with Crippen molar-refractivity contribution in [2.24, 2.45) is 0 Å². The van der Waals surface area contributed by atoms with Crippen LogP contribution >= 0.6 is 34.8 Å². The van der Waals surface area contributed by atoms with Gasteiger partial charge in [-0.05, 0) is 17.2 Å². The molecule has 0 amide bonds. The molecule has 3 nitrogen and oxygen atoms in total. The van der Waals surface area contributed by atoms with Gasteiger partial charge in [-0.3, -0.25) is 0 Å². The van der Waals surface area contributed by atoms with Crippen molar-refractivity contribution in [2.45, 2.75) is 13.2 Å². The van der Waals surface area contributed by atoms with Gasteiger partial charge in [0.05, 0.1) is 16.7 Å². The summed E-state index contributed by atoms with van der Waals surface area (Å²) in [7, 11) is 1.67. The van der Waals surface area contributed by atoms with E-state index >= 15 is 0 Å². The third-order valence-corrected chi connectivity index (χ3v) is 3.71. The van der Waals surface area contributed by atoms with Crippen LogP contribution in [0, 0.1) is 0 Å². The van der Waals surface area contributed by atoms with Crippen LogP contribution in [0.3, 0.4) is 0 Å². The van der Waals surface area contributed by atoms with Crippen LogP contribution in [-0.4, -0.2) is 12.1 Å². The first-order chi connectivity index (χ1) is 9.61. The second-order valence-corrected chi connectivity index (χ2v) is 5.32. The zero-order valence-corrected chi connectivity index (χ0v) is 13.1. The third-order valence-electron chi connectivity index (χ3n) is 2.75. The number of hydrogen-bond donors (Lipinski definition) is 1. The summed E-state index contributed by atoms with van der Waals surface area (Å²) < 4.78 is 5.17. The van der Waals surface area contributed by atoms with Crippen molar-refractivity contribution in [1.82, 2.24) is 4.98 Å². The largest absolute Gasteiger partial charge is 0.380 e. The predicted octanol–water partition coefficient (Wildman–Crippen LogP) is 4.80. The highest BCUT2D eigenvalue weighted by Crippen LogP contribution is 2.29. The Bertz CT molecular complexity index is 605. The molecule has 0 aliphatic rings. The van der Waals surface area contributed by atoms with Crippen LogP contribution < -0.4 is 5.32 Å². The highest BCUT2D eigenvalue weighted by molar-refractivity contribution is 6.42. The first-order valence-electron chi connectivity index (χ1n) is 5.93. The minimum absolute atomic E-state index is 0.226. The van der Waals surface area contributed by atoms with Crippen molar-refractivity contribution in [2.75, 3.05) is 12.4 Å². The highest BCUT2D eigenvalue weighted by Gasteiger charge is 2.08. The van der Waals surface area contributed by atoms with Gasteiger partial charge in [-0.15, -0.1) is 0 Å². The minimum atomic E-state index is 0.226. The second-order valence-electron chi connectivity index (χ2n) is 4.15. The van der Waals surface area contributed by atoms with Gasteiger partial charge in [0.15, 0.2) is 0 Å². The summed E-state index contributed by atoms with van der Waals surface area (Å²) in [5, 5.41) is 4.15. The molecule has 0 atom stereocenters. The summed E-state index contributed by atoms with van der Waals surface area (Å²) in [5.74, 6) is 0.508. The lowest BCUT2D eigenvalue weighted by atomic mass is 10.1. The van der Waals surface area contributed by atoms with Gasteiger partial charge in [0.1, 0.15) is 11.0 Å². The molecule has 1 N–H and O–H groups in total. The van der Waals surface area contributed by atoms with Crippen LogP contribution in [0.2, 0.25) is 15.2 Å². The number of nitrogens with one attached hydrogen (secondary N) is 1. The van der Waals surface area contributed by atoms with Crippen LogP contribution in [-0.2, 0) is 17.9 Å². The maximum Gasteiger partial charge on any atom is 0.150 e. The summed E-state index contributed by atoms with van der Waals surface area (Å²) in [6.07, 6.45) is 0. The van der Waals surface area contributed by atoms with E-state index in [-0.39, 0.29) is 5.15 Å². The van der Waals surface area contributed by atoms with Gasteiger partial charge in [-0.1, -0.05) is 59.1 Å². The predicted molar refractivity (Wildman–Crippen MR) is 83.7 cm³/mol. The first-order valence-corrected chi connectivity index (χ1v) is 7.06. The van der Waals surface area contributed by atoms with Crippen molar-refractivity contribution in [3.8, 4) is 0 Å². The van der Waals surface area contributed by atoms with Crippen LogP contribution in [0.4, 0.5) is 5.82 Å². The molecule has 0 unspecified atom stereocenters. The monoisotopic (exact) mass is 330 g/mol. The Morgan fingerprint density at radius 2 is 1.80 bits per heavy atom. The fourth-order valence-electron chi connectivity index (χ4n) is 1.77. The normalized spacial score (nSPS) is 10.6. The van der Waals surface area contributed by atoms with Crippen LogP contribution in [0.25, 0.3) is 0 Å². The molecule has 0 aliphatic carbocycles. The second kappa shape index (κ2) is 7.14. The maximum atomic E-state index is 6.08. The molecule has 0 aliphatic heterocycles.